The first-order chi connectivity index (χ1) is 22.1. The average molecular weight is 705 g/mol. The summed E-state index contributed by atoms with van der Waals surface area (Å²) in [5.74, 6) is 1.97. The molecule has 4 rings (SSSR count). The van der Waals surface area contributed by atoms with E-state index in [9.17, 15) is 40.5 Å². The number of nitro groups is 4. The van der Waals surface area contributed by atoms with Gasteiger partial charge >= 0.3 is 0 Å². The van der Waals surface area contributed by atoms with Gasteiger partial charge in [0, 0.05) is 23.3 Å². The van der Waals surface area contributed by atoms with Crippen molar-refractivity contribution in [2.45, 2.75) is 65.2 Å². The number of unbranched alkanes of at least 4 members (excludes halogenated alkanes) is 6. The molecule has 0 atom stereocenters. The number of non-ortho nitro benzene ring substituents is 2. The zero-order valence-electron chi connectivity index (χ0n) is 25.2. The molecule has 2 aromatic carbocycles. The molecule has 1 aliphatic carbocycles. The van der Waals surface area contributed by atoms with E-state index >= 15 is 0 Å². The molecule has 0 spiro atoms. The highest BCUT2D eigenvalue weighted by molar-refractivity contribution is 8.40. The van der Waals surface area contributed by atoms with Crippen molar-refractivity contribution in [3.05, 3.63) is 101 Å². The maximum Gasteiger partial charge on any atom is 0.284 e. The number of nitro benzene ring substituents is 4. The SMILES string of the molecule is CCCCCCSC1=C(SCCCCCC)SC(=CC=C2c3cc([N+](=O)[O-])cc([N+](=O)[O-])c3-c3c2cc([N+](=O)[O-])cc3[N+](=O)[O-])S1. The second kappa shape index (κ2) is 16.5. The van der Waals surface area contributed by atoms with Gasteiger partial charge in [-0.1, -0.05) is 82.0 Å². The summed E-state index contributed by atoms with van der Waals surface area (Å²) in [6.45, 7) is 4.35. The van der Waals surface area contributed by atoms with Crippen LogP contribution in [0.25, 0.3) is 16.7 Å². The van der Waals surface area contributed by atoms with Crippen LogP contribution in [0.1, 0.15) is 76.3 Å². The Morgan fingerprint density at radius 2 is 1.04 bits per heavy atom. The van der Waals surface area contributed by atoms with Gasteiger partial charge in [-0.2, -0.15) is 0 Å². The molecule has 0 bridgehead atoms. The van der Waals surface area contributed by atoms with Crippen molar-refractivity contribution in [2.24, 2.45) is 0 Å². The molecule has 0 saturated heterocycles. The Labute approximate surface area is 282 Å². The van der Waals surface area contributed by atoms with Crippen LogP contribution in [-0.2, 0) is 0 Å². The minimum atomic E-state index is -0.831. The van der Waals surface area contributed by atoms with E-state index in [2.05, 4.69) is 13.8 Å². The third-order valence-electron chi connectivity index (χ3n) is 7.25. The van der Waals surface area contributed by atoms with Crippen molar-refractivity contribution < 1.29 is 19.7 Å². The van der Waals surface area contributed by atoms with Gasteiger partial charge in [0.05, 0.1) is 55.7 Å². The highest BCUT2D eigenvalue weighted by atomic mass is 32.3. The van der Waals surface area contributed by atoms with Crippen LogP contribution in [0.4, 0.5) is 22.7 Å². The normalized spacial score (nSPS) is 13.5. The first-order valence-electron chi connectivity index (χ1n) is 14.8. The van der Waals surface area contributed by atoms with Crippen LogP contribution in [0, 0.1) is 40.5 Å². The van der Waals surface area contributed by atoms with Crippen molar-refractivity contribution in [3.8, 4) is 11.1 Å². The number of fused-ring (bicyclic) bond motifs is 3. The highest BCUT2D eigenvalue weighted by Crippen LogP contribution is 2.58. The van der Waals surface area contributed by atoms with E-state index in [4.69, 9.17) is 0 Å². The molecule has 244 valence electrons. The maximum atomic E-state index is 12.1. The molecule has 2 aromatic rings. The van der Waals surface area contributed by atoms with Gasteiger partial charge in [-0.25, -0.2) is 0 Å². The van der Waals surface area contributed by atoms with Crippen LogP contribution < -0.4 is 0 Å². The first-order valence-corrected chi connectivity index (χ1v) is 18.4. The fraction of sp³-hybridized carbons (Fsp3) is 0.400. The lowest BCUT2D eigenvalue weighted by Gasteiger charge is -2.05. The summed E-state index contributed by atoms with van der Waals surface area (Å²) in [7, 11) is 0. The number of allylic oxidation sites excluding steroid dienone is 2. The Balaban J connectivity index is 1.78. The van der Waals surface area contributed by atoms with Gasteiger partial charge in [-0.05, 0) is 36.0 Å². The second-order valence-corrected chi connectivity index (χ2v) is 15.6. The van der Waals surface area contributed by atoms with E-state index < -0.39 is 42.4 Å². The average Bonchev–Trinajstić information content (AvgIpc) is 3.56. The quantitative estimate of drug-likeness (QED) is 0.0740. The third kappa shape index (κ3) is 8.32. The maximum absolute atomic E-state index is 12.1. The molecule has 16 heteroatoms. The molecule has 1 aliphatic heterocycles. The lowest BCUT2D eigenvalue weighted by atomic mass is 10.0. The molecule has 0 saturated carbocycles. The topological polar surface area (TPSA) is 173 Å². The van der Waals surface area contributed by atoms with Gasteiger partial charge in [-0.3, -0.25) is 40.5 Å². The van der Waals surface area contributed by atoms with E-state index in [1.54, 1.807) is 35.7 Å². The van der Waals surface area contributed by atoms with E-state index in [1.807, 2.05) is 23.5 Å². The fourth-order valence-corrected chi connectivity index (χ4v) is 10.9. The second-order valence-electron chi connectivity index (χ2n) is 10.5. The molecule has 0 amide bonds. The number of nitrogens with zero attached hydrogens (tertiary/aromatic N) is 4. The van der Waals surface area contributed by atoms with Crippen molar-refractivity contribution in [1.82, 2.24) is 0 Å². The molecule has 0 unspecified atom stereocenters. The van der Waals surface area contributed by atoms with Gasteiger partial charge < -0.3 is 0 Å². The van der Waals surface area contributed by atoms with E-state index in [1.165, 1.54) is 21.3 Å². The molecule has 1 heterocycles. The number of hydrogen-bond donors (Lipinski definition) is 0. The van der Waals surface area contributed by atoms with E-state index in [-0.39, 0.29) is 27.8 Å². The largest absolute Gasteiger partial charge is 0.284 e. The number of rotatable bonds is 17. The lowest BCUT2D eigenvalue weighted by Crippen LogP contribution is -1.99. The van der Waals surface area contributed by atoms with Crippen LogP contribution in [0.3, 0.4) is 0 Å². The van der Waals surface area contributed by atoms with Crippen LogP contribution >= 0.6 is 47.0 Å². The van der Waals surface area contributed by atoms with Crippen LogP contribution in [0.5, 0.6) is 0 Å². The van der Waals surface area contributed by atoms with Gasteiger partial charge in [-0.15, -0.1) is 23.5 Å². The van der Waals surface area contributed by atoms with Crippen molar-refractivity contribution >= 4 is 75.4 Å². The van der Waals surface area contributed by atoms with Crippen LogP contribution in [0.2, 0.25) is 0 Å². The standard InChI is InChI=1S/C30H32N4O8S4/c1-3-5-7-9-13-43-29-30(44-14-10-8-6-4-2)46-26(45-29)12-11-21-22-15-19(31(35)36)17-24(33(39)40)27(22)28-23(21)16-20(32(37)38)18-25(28)34(41)42/h11-12,15-18H,3-10,13-14H2,1-2H3. The van der Waals surface area contributed by atoms with Crippen molar-refractivity contribution in [2.75, 3.05) is 11.5 Å². The highest BCUT2D eigenvalue weighted by Gasteiger charge is 2.40. The van der Waals surface area contributed by atoms with E-state index in [0.29, 0.717) is 0 Å². The van der Waals surface area contributed by atoms with Crippen LogP contribution in [0.15, 0.2) is 49.1 Å². The fourth-order valence-electron chi connectivity index (χ4n) is 5.07. The minimum absolute atomic E-state index is 0.0355. The van der Waals surface area contributed by atoms with Crippen molar-refractivity contribution in [1.29, 1.82) is 0 Å². The van der Waals surface area contributed by atoms with Gasteiger partial charge in [0.2, 0.25) is 0 Å². The minimum Gasteiger partial charge on any atom is -0.258 e. The van der Waals surface area contributed by atoms with Crippen LogP contribution in [-0.4, -0.2) is 31.2 Å². The predicted molar refractivity (Wildman–Crippen MR) is 189 cm³/mol. The zero-order chi connectivity index (χ0) is 33.4. The molecule has 0 fully saturated rings. The summed E-state index contributed by atoms with van der Waals surface area (Å²) in [5.41, 5.74) is -2.58. The number of benzene rings is 2. The van der Waals surface area contributed by atoms with Gasteiger partial charge in [0.25, 0.3) is 22.7 Å². The first kappa shape index (κ1) is 35.5. The van der Waals surface area contributed by atoms with E-state index in [0.717, 1.165) is 78.5 Å². The van der Waals surface area contributed by atoms with Gasteiger partial charge in [0.15, 0.2) is 0 Å². The molecule has 2 aliphatic rings. The summed E-state index contributed by atoms with van der Waals surface area (Å²) in [6, 6.07) is 3.78. The summed E-state index contributed by atoms with van der Waals surface area (Å²) in [4.78, 5) is 44.5. The Hall–Kier alpha value is -3.34. The summed E-state index contributed by atoms with van der Waals surface area (Å²) in [5, 5.41) is 47.7. The number of thioether (sulfide) groups is 4. The lowest BCUT2D eigenvalue weighted by molar-refractivity contribution is -0.395. The Kier molecular flexibility index (Phi) is 12.7. The predicted octanol–water partition coefficient (Wildman–Crippen LogP) is 10.8. The van der Waals surface area contributed by atoms with Crippen molar-refractivity contribution in [3.63, 3.8) is 0 Å². The molecule has 0 radical (unpaired) electrons. The molecular formula is C30H32N4O8S4. The summed E-state index contributed by atoms with van der Waals surface area (Å²) >= 11 is 6.81. The monoisotopic (exact) mass is 704 g/mol. The third-order valence-corrected chi connectivity index (χ3v) is 12.8. The molecule has 0 N–H and O–H groups in total. The number of hydrogen-bond acceptors (Lipinski definition) is 12. The Bertz CT molecular complexity index is 1550. The smallest absolute Gasteiger partial charge is 0.258 e. The molecule has 0 aromatic heterocycles. The molecule has 46 heavy (non-hydrogen) atoms. The molecule has 12 nitrogen and oxygen atoms in total. The summed E-state index contributed by atoms with van der Waals surface area (Å²) in [6.07, 6.45) is 12.6. The Morgan fingerprint density at radius 3 is 1.41 bits per heavy atom. The molecular weight excluding hydrogens is 673 g/mol. The summed E-state index contributed by atoms with van der Waals surface area (Å²) < 4.78 is 3.28. The zero-order valence-corrected chi connectivity index (χ0v) is 28.5. The van der Waals surface area contributed by atoms with Gasteiger partial charge in [0.1, 0.15) is 0 Å². The Morgan fingerprint density at radius 1 is 0.609 bits per heavy atom.